The van der Waals surface area contributed by atoms with Gasteiger partial charge in [-0.15, -0.1) is 0 Å². The fraction of sp³-hybridized carbons (Fsp3) is 0.431. The quantitative estimate of drug-likeness (QED) is 0.0263. The summed E-state index contributed by atoms with van der Waals surface area (Å²) in [5.74, 6) is -4.21. The Bertz CT molecular complexity index is 2580. The van der Waals surface area contributed by atoms with Crippen molar-refractivity contribution in [3.05, 3.63) is 83.2 Å². The lowest BCUT2D eigenvalue weighted by Crippen LogP contribution is -2.35. The van der Waals surface area contributed by atoms with Crippen LogP contribution in [0.1, 0.15) is 30.9 Å². The van der Waals surface area contributed by atoms with Gasteiger partial charge in [0.25, 0.3) is 0 Å². The van der Waals surface area contributed by atoms with Crippen LogP contribution in [0.15, 0.2) is 71.1 Å². The van der Waals surface area contributed by atoms with Gasteiger partial charge in [-0.2, -0.15) is 0 Å². The van der Waals surface area contributed by atoms with Crippen LogP contribution in [0, 0.1) is 6.92 Å². The summed E-state index contributed by atoms with van der Waals surface area (Å²) in [5.41, 5.74) is 5.71. The van der Waals surface area contributed by atoms with E-state index in [1.165, 1.54) is 9.80 Å². The average Bonchev–Trinajstić information content (AvgIpc) is 3.30. The van der Waals surface area contributed by atoms with E-state index in [9.17, 15) is 39.6 Å². The number of fused-ring (bicyclic) bond motifs is 2. The SMILES string of the molecule is COCCN(CCOC)c1ccc2c(-c3cc(OCCOc4cc(C)ccc4N(CC(=O)O)CC(=O)O)c(N(CC(=O)O)CC(=O)O)cc3C(C)C)c3ccc(=[N+](CCOC)CCOC)cc-3oc2c1. The van der Waals surface area contributed by atoms with Crippen molar-refractivity contribution < 1.29 is 72.4 Å². The molecule has 0 aromatic heterocycles. The van der Waals surface area contributed by atoms with Gasteiger partial charge in [0, 0.05) is 75.9 Å². The molecule has 378 valence electrons. The summed E-state index contributed by atoms with van der Waals surface area (Å²) in [7, 11) is 6.60. The molecule has 1 heterocycles. The zero-order valence-electron chi connectivity index (χ0n) is 40.9. The van der Waals surface area contributed by atoms with Crippen molar-refractivity contribution in [3.8, 4) is 33.9 Å². The predicted octanol–water partition coefficient (Wildman–Crippen LogP) is 5.21. The van der Waals surface area contributed by atoms with Crippen LogP contribution in [-0.4, -0.2) is 165 Å². The standard InChI is InChI=1S/C51H64N4O15/c1-33(2)39-27-42(55(31-49(60)61)32-50(62)63)46(69-23-22-68-45-24-34(3)8-13-41(45)54(29-47(56)57)30-48(58)59)28-40(39)51-37-11-9-35(52(14-18-64-4)15-19-65-5)25-43(37)70-44-26-36(10-12-38(44)51)53(16-20-66-6)17-21-67-7/h8-13,24-28,33H,14-23,29-32H2,1-7H3,(H3-,56,57,58,59,60,61,62,63)/p+1. The van der Waals surface area contributed by atoms with Crippen LogP contribution in [0.3, 0.4) is 0 Å². The number of hydrogen-bond donors (Lipinski definition) is 4. The maximum absolute atomic E-state index is 12.3. The Morgan fingerprint density at radius 1 is 0.586 bits per heavy atom. The summed E-state index contributed by atoms with van der Waals surface area (Å²) in [4.78, 5) is 52.7. The molecular weight excluding hydrogens is 909 g/mol. The number of ether oxygens (including phenoxy) is 6. The second-order valence-electron chi connectivity index (χ2n) is 16.8. The van der Waals surface area contributed by atoms with Crippen molar-refractivity contribution in [2.75, 3.05) is 135 Å². The van der Waals surface area contributed by atoms with Crippen LogP contribution >= 0.6 is 0 Å². The van der Waals surface area contributed by atoms with Gasteiger partial charge in [0.2, 0.25) is 5.36 Å². The molecule has 3 aromatic rings. The smallest absolute Gasteiger partial charge is 0.323 e. The zero-order chi connectivity index (χ0) is 50.9. The highest BCUT2D eigenvalue weighted by molar-refractivity contribution is 6.04. The number of anilines is 3. The normalized spacial score (nSPS) is 11.3. The highest BCUT2D eigenvalue weighted by Crippen LogP contribution is 2.47. The lowest BCUT2D eigenvalue weighted by molar-refractivity contribution is -0.138. The molecule has 1 aliphatic heterocycles. The fourth-order valence-corrected chi connectivity index (χ4v) is 8.15. The lowest BCUT2D eigenvalue weighted by atomic mass is 9.86. The van der Waals surface area contributed by atoms with E-state index in [0.29, 0.717) is 63.9 Å². The predicted molar refractivity (Wildman–Crippen MR) is 264 cm³/mol. The molecule has 0 unspecified atom stereocenters. The summed E-state index contributed by atoms with van der Waals surface area (Å²) in [6.45, 7) is 7.26. The number of nitrogens with zero attached hydrogens (tertiary/aromatic N) is 4. The van der Waals surface area contributed by atoms with Crippen LogP contribution in [0.5, 0.6) is 11.5 Å². The Hall–Kier alpha value is -6.93. The Balaban J connectivity index is 1.76. The largest absolute Gasteiger partial charge is 0.488 e. The number of carboxylic acids is 4. The average molecular weight is 974 g/mol. The minimum absolute atomic E-state index is 0.129. The third-order valence-electron chi connectivity index (χ3n) is 11.4. The van der Waals surface area contributed by atoms with E-state index >= 15 is 0 Å². The molecule has 2 aliphatic rings. The number of hydrogen-bond acceptors (Lipinski definition) is 14. The van der Waals surface area contributed by atoms with Gasteiger partial charge in [-0.25, -0.2) is 4.58 Å². The number of aliphatic carboxylic acids is 4. The van der Waals surface area contributed by atoms with Crippen LogP contribution in [0.4, 0.5) is 17.1 Å². The van der Waals surface area contributed by atoms with E-state index in [4.69, 9.17) is 32.8 Å². The van der Waals surface area contributed by atoms with E-state index < -0.39 is 50.1 Å². The molecule has 0 radical (unpaired) electrons. The Morgan fingerprint density at radius 3 is 1.66 bits per heavy atom. The fourth-order valence-electron chi connectivity index (χ4n) is 8.15. The summed E-state index contributed by atoms with van der Waals surface area (Å²) in [5, 5.41) is 40.9. The first-order valence-corrected chi connectivity index (χ1v) is 22.8. The third-order valence-corrected chi connectivity index (χ3v) is 11.4. The molecule has 0 bridgehead atoms. The molecule has 19 heteroatoms. The number of aryl methyl sites for hydroxylation is 1. The number of rotatable bonds is 30. The molecule has 0 spiro atoms. The second-order valence-corrected chi connectivity index (χ2v) is 16.8. The second kappa shape index (κ2) is 26.2. The van der Waals surface area contributed by atoms with Gasteiger partial charge < -0.3 is 68.0 Å². The molecule has 0 fully saturated rings. The summed E-state index contributed by atoms with van der Waals surface area (Å²) < 4.78 is 43.4. The van der Waals surface area contributed by atoms with Gasteiger partial charge >= 0.3 is 23.9 Å². The maximum atomic E-state index is 12.3. The van der Waals surface area contributed by atoms with Crippen LogP contribution in [0.2, 0.25) is 0 Å². The summed E-state index contributed by atoms with van der Waals surface area (Å²) >= 11 is 0. The minimum atomic E-state index is -1.26. The molecule has 5 rings (SSSR count). The number of carboxylic acid groups (broad SMARTS) is 4. The molecule has 4 N–H and O–H groups in total. The number of benzene rings is 4. The first-order valence-electron chi connectivity index (χ1n) is 22.8. The van der Waals surface area contributed by atoms with Crippen molar-refractivity contribution in [2.45, 2.75) is 26.7 Å². The van der Waals surface area contributed by atoms with Gasteiger partial charge in [0.15, 0.2) is 13.1 Å². The minimum Gasteiger partial charge on any atom is -0.488 e. The lowest BCUT2D eigenvalue weighted by Gasteiger charge is -2.28. The van der Waals surface area contributed by atoms with E-state index in [1.807, 2.05) is 50.2 Å². The molecule has 70 heavy (non-hydrogen) atoms. The molecule has 0 saturated carbocycles. The molecule has 0 atom stereocenters. The monoisotopic (exact) mass is 973 g/mol. The molecular formula is C51H65N4O15+. The van der Waals surface area contributed by atoms with Gasteiger partial charge in [-0.3, -0.25) is 19.2 Å². The Labute approximate surface area is 406 Å². The van der Waals surface area contributed by atoms with Crippen LogP contribution < -0.4 is 34.1 Å². The first kappa shape index (κ1) is 54.0. The Morgan fingerprint density at radius 2 is 1.13 bits per heavy atom. The summed E-state index contributed by atoms with van der Waals surface area (Å²) in [6, 6.07) is 20.5. The van der Waals surface area contributed by atoms with Crippen LogP contribution in [-0.2, 0) is 38.1 Å². The van der Waals surface area contributed by atoms with Crippen molar-refractivity contribution in [3.63, 3.8) is 0 Å². The van der Waals surface area contributed by atoms with Crippen LogP contribution in [0.25, 0.3) is 33.4 Å². The van der Waals surface area contributed by atoms with Gasteiger partial charge in [-0.1, -0.05) is 19.9 Å². The first-order chi connectivity index (χ1) is 33.6. The van der Waals surface area contributed by atoms with Crippen molar-refractivity contribution in [1.82, 2.24) is 4.58 Å². The van der Waals surface area contributed by atoms with E-state index in [-0.39, 0.29) is 42.0 Å². The molecule has 0 amide bonds. The maximum Gasteiger partial charge on any atom is 0.323 e. The van der Waals surface area contributed by atoms with E-state index in [2.05, 4.69) is 9.48 Å². The van der Waals surface area contributed by atoms with Crippen molar-refractivity contribution in [2.24, 2.45) is 0 Å². The number of carbonyl (C=O) groups is 4. The Kier molecular flexibility index (Phi) is 20.2. The summed E-state index contributed by atoms with van der Waals surface area (Å²) in [6.07, 6.45) is 0. The van der Waals surface area contributed by atoms with Crippen molar-refractivity contribution >= 4 is 51.9 Å². The highest BCUT2D eigenvalue weighted by Gasteiger charge is 2.27. The molecule has 0 saturated heterocycles. The zero-order valence-corrected chi connectivity index (χ0v) is 40.9. The molecule has 3 aromatic carbocycles. The van der Waals surface area contributed by atoms with Crippen molar-refractivity contribution in [1.29, 1.82) is 0 Å². The topological polar surface area (TPSA) is 230 Å². The van der Waals surface area contributed by atoms with Gasteiger partial charge in [0.1, 0.15) is 75.4 Å². The number of methoxy groups -OCH3 is 4. The molecule has 1 aliphatic carbocycles. The third kappa shape index (κ3) is 14.5. The van der Waals surface area contributed by atoms with Gasteiger partial charge in [0.05, 0.1) is 30.7 Å². The van der Waals surface area contributed by atoms with E-state index in [1.54, 1.807) is 65.7 Å². The highest BCUT2D eigenvalue weighted by atomic mass is 16.5. The molecule has 19 nitrogen and oxygen atoms in total. The van der Waals surface area contributed by atoms with Gasteiger partial charge in [-0.05, 0) is 72.0 Å². The van der Waals surface area contributed by atoms with E-state index in [0.717, 1.165) is 44.2 Å².